The molecule has 2 saturated heterocycles. The maximum atomic E-state index is 13.3. The van der Waals surface area contributed by atoms with Crippen LogP contribution in [0.5, 0.6) is 0 Å². The Morgan fingerprint density at radius 1 is 1.41 bits per heavy atom. The lowest BCUT2D eigenvalue weighted by atomic mass is 9.86. The Morgan fingerprint density at radius 3 is 3.07 bits per heavy atom. The third-order valence-corrected chi connectivity index (χ3v) is 6.32. The van der Waals surface area contributed by atoms with E-state index in [-0.39, 0.29) is 11.5 Å². The van der Waals surface area contributed by atoms with Crippen LogP contribution in [0, 0.1) is 5.92 Å². The van der Waals surface area contributed by atoms with Crippen molar-refractivity contribution in [3.63, 3.8) is 0 Å². The zero-order valence-corrected chi connectivity index (χ0v) is 17.8. The van der Waals surface area contributed by atoms with Crippen LogP contribution in [0.1, 0.15) is 29.8 Å². The first-order valence-corrected chi connectivity index (χ1v) is 10.5. The highest BCUT2D eigenvalue weighted by molar-refractivity contribution is 6.04. The van der Waals surface area contributed by atoms with Crippen LogP contribution in [-0.2, 0) is 16.5 Å². The van der Waals surface area contributed by atoms with Crippen LogP contribution in [0.15, 0.2) is 24.3 Å². The van der Waals surface area contributed by atoms with Crippen molar-refractivity contribution in [1.82, 2.24) is 19.6 Å². The van der Waals surface area contributed by atoms with E-state index in [1.807, 2.05) is 36.2 Å². The average molecular weight is 401 g/mol. The minimum atomic E-state index is -0.203. The van der Waals surface area contributed by atoms with Crippen molar-refractivity contribution < 1.29 is 14.3 Å². The van der Waals surface area contributed by atoms with Gasteiger partial charge in [0.15, 0.2) is 5.69 Å². The average Bonchev–Trinajstić information content (AvgIpc) is 3.27. The molecule has 7 nitrogen and oxygen atoms in total. The molecule has 2 aromatic rings. The summed E-state index contributed by atoms with van der Waals surface area (Å²) >= 11 is 0. The van der Waals surface area contributed by atoms with Crippen molar-refractivity contribution in [2.75, 3.05) is 53.6 Å². The van der Waals surface area contributed by atoms with Gasteiger partial charge < -0.3 is 19.3 Å². The van der Waals surface area contributed by atoms with Crippen LogP contribution in [0.25, 0.3) is 10.9 Å². The highest BCUT2D eigenvalue weighted by Gasteiger charge is 2.45. The van der Waals surface area contributed by atoms with Crippen LogP contribution >= 0.6 is 0 Å². The fourth-order valence-corrected chi connectivity index (χ4v) is 4.91. The lowest BCUT2D eigenvalue weighted by Crippen LogP contribution is -2.50. The molecule has 0 unspecified atom stereocenters. The summed E-state index contributed by atoms with van der Waals surface area (Å²) in [6.07, 6.45) is 3.01. The maximum absolute atomic E-state index is 13.3. The number of carbonyl (C=O) groups is 1. The summed E-state index contributed by atoms with van der Waals surface area (Å²) in [5, 5.41) is 5.45. The highest BCUT2D eigenvalue weighted by Crippen LogP contribution is 2.38. The summed E-state index contributed by atoms with van der Waals surface area (Å²) in [6.45, 7) is 4.88. The van der Waals surface area contributed by atoms with E-state index in [1.165, 1.54) is 0 Å². The van der Waals surface area contributed by atoms with Gasteiger partial charge in [0, 0.05) is 39.2 Å². The Balaban J connectivity index is 1.44. The van der Waals surface area contributed by atoms with Crippen molar-refractivity contribution in [3.05, 3.63) is 30.0 Å². The number of hydrogen-bond acceptors (Lipinski definition) is 5. The molecule has 0 radical (unpaired) electrons. The molecule has 3 heterocycles. The van der Waals surface area contributed by atoms with Gasteiger partial charge in [0.2, 0.25) is 0 Å². The second kappa shape index (κ2) is 8.42. The maximum Gasteiger partial charge on any atom is 0.275 e. The third-order valence-electron chi connectivity index (χ3n) is 6.32. The number of nitrogens with zero attached hydrogens (tertiary/aromatic N) is 4. The molecule has 158 valence electrons. The topological polar surface area (TPSA) is 59.8 Å². The Morgan fingerprint density at radius 2 is 2.24 bits per heavy atom. The molecule has 0 N–H and O–H groups in total. The summed E-state index contributed by atoms with van der Waals surface area (Å²) in [7, 11) is 5.76. The number of hydrogen-bond donors (Lipinski definition) is 0. The predicted molar refractivity (Wildman–Crippen MR) is 112 cm³/mol. The molecule has 7 heteroatoms. The SMILES string of the molecule is COCCN(C)C[C@@H]1CO[C@]2(CCCN(C(=O)c3nn(C)c4ccccc34)C2)C1. The number of amides is 1. The number of aryl methyl sites for hydroxylation is 1. The summed E-state index contributed by atoms with van der Waals surface area (Å²) in [4.78, 5) is 17.6. The first-order valence-electron chi connectivity index (χ1n) is 10.5. The lowest BCUT2D eigenvalue weighted by Gasteiger charge is -2.39. The molecule has 29 heavy (non-hydrogen) atoms. The van der Waals surface area contributed by atoms with Gasteiger partial charge in [0.25, 0.3) is 5.91 Å². The number of fused-ring (bicyclic) bond motifs is 1. The van der Waals surface area contributed by atoms with Gasteiger partial charge in [-0.15, -0.1) is 0 Å². The van der Waals surface area contributed by atoms with Gasteiger partial charge in [-0.2, -0.15) is 5.10 Å². The van der Waals surface area contributed by atoms with E-state index in [1.54, 1.807) is 11.8 Å². The Kier molecular flexibility index (Phi) is 5.90. The summed E-state index contributed by atoms with van der Waals surface area (Å²) in [5.41, 5.74) is 1.33. The van der Waals surface area contributed by atoms with Gasteiger partial charge in [-0.05, 0) is 38.3 Å². The second-order valence-electron chi connectivity index (χ2n) is 8.64. The fraction of sp³-hybridized carbons (Fsp3) is 0.636. The first-order chi connectivity index (χ1) is 14.0. The van der Waals surface area contributed by atoms with Gasteiger partial charge in [-0.1, -0.05) is 18.2 Å². The van der Waals surface area contributed by atoms with E-state index >= 15 is 0 Å². The molecular weight excluding hydrogens is 368 g/mol. The minimum Gasteiger partial charge on any atom is -0.383 e. The molecule has 4 rings (SSSR count). The molecule has 2 aliphatic heterocycles. The van der Waals surface area contributed by atoms with Crippen LogP contribution in [-0.4, -0.2) is 84.6 Å². The van der Waals surface area contributed by atoms with Crippen molar-refractivity contribution in [3.8, 4) is 0 Å². The molecule has 2 aliphatic rings. The zero-order valence-electron chi connectivity index (χ0n) is 17.8. The second-order valence-corrected chi connectivity index (χ2v) is 8.64. The number of para-hydroxylation sites is 1. The van der Waals surface area contributed by atoms with Crippen molar-refractivity contribution >= 4 is 16.8 Å². The standard InChI is InChI=1S/C22H32N4O3/c1-24(11-12-28-3)14-17-13-22(29-15-17)9-6-10-26(16-22)21(27)20-18-7-4-5-8-19(18)25(2)23-20/h4-5,7-8,17H,6,9-16H2,1-3H3/t17-,22-/m1/s1. The van der Waals surface area contributed by atoms with Gasteiger partial charge >= 0.3 is 0 Å². The van der Waals surface area contributed by atoms with Crippen molar-refractivity contribution in [2.45, 2.75) is 24.9 Å². The van der Waals surface area contributed by atoms with E-state index in [0.29, 0.717) is 18.2 Å². The van der Waals surface area contributed by atoms with Gasteiger partial charge in [0.05, 0.1) is 30.9 Å². The van der Waals surface area contributed by atoms with Crippen molar-refractivity contribution in [1.29, 1.82) is 0 Å². The molecule has 1 aromatic carbocycles. The van der Waals surface area contributed by atoms with E-state index in [2.05, 4.69) is 17.0 Å². The lowest BCUT2D eigenvalue weighted by molar-refractivity contribution is -0.0451. The normalized spacial score (nSPS) is 24.8. The molecule has 0 saturated carbocycles. The molecule has 1 aromatic heterocycles. The fourth-order valence-electron chi connectivity index (χ4n) is 4.91. The molecular formula is C22H32N4O3. The van der Waals surface area contributed by atoms with E-state index < -0.39 is 0 Å². The number of likely N-dealkylation sites (tertiary alicyclic amines) is 1. The summed E-state index contributed by atoms with van der Waals surface area (Å²) in [5.74, 6) is 0.521. The number of rotatable bonds is 6. The van der Waals surface area contributed by atoms with Crippen LogP contribution in [0.3, 0.4) is 0 Å². The first kappa shape index (κ1) is 20.3. The molecule has 1 spiro atoms. The van der Waals surface area contributed by atoms with E-state index in [4.69, 9.17) is 9.47 Å². The highest BCUT2D eigenvalue weighted by atomic mass is 16.5. The van der Waals surface area contributed by atoms with Crippen LogP contribution in [0.2, 0.25) is 0 Å². The molecule has 1 amide bonds. The van der Waals surface area contributed by atoms with Crippen LogP contribution in [0.4, 0.5) is 0 Å². The number of piperidine rings is 1. The smallest absolute Gasteiger partial charge is 0.275 e. The Labute approximate surface area is 172 Å². The number of benzene rings is 1. The molecule has 0 aliphatic carbocycles. The monoisotopic (exact) mass is 400 g/mol. The zero-order chi connectivity index (χ0) is 20.4. The van der Waals surface area contributed by atoms with Gasteiger partial charge in [0.1, 0.15) is 0 Å². The van der Waals surface area contributed by atoms with Crippen LogP contribution < -0.4 is 0 Å². The summed E-state index contributed by atoms with van der Waals surface area (Å²) < 4.78 is 13.3. The molecule has 0 bridgehead atoms. The molecule has 2 fully saturated rings. The number of methoxy groups -OCH3 is 1. The van der Waals surface area contributed by atoms with E-state index in [0.717, 1.165) is 63.0 Å². The predicted octanol–water partition coefficient (Wildman–Crippen LogP) is 2.16. The largest absolute Gasteiger partial charge is 0.383 e. The third kappa shape index (κ3) is 4.17. The van der Waals surface area contributed by atoms with Crippen molar-refractivity contribution in [2.24, 2.45) is 13.0 Å². The van der Waals surface area contributed by atoms with Gasteiger partial charge in [-0.3, -0.25) is 9.48 Å². The number of likely N-dealkylation sites (N-methyl/N-ethyl adjacent to an activating group) is 1. The van der Waals surface area contributed by atoms with E-state index in [9.17, 15) is 4.79 Å². The Hall–Kier alpha value is -1.96. The minimum absolute atomic E-state index is 0.0186. The number of aromatic nitrogens is 2. The molecule has 2 atom stereocenters. The summed E-state index contributed by atoms with van der Waals surface area (Å²) in [6, 6.07) is 7.92. The quantitative estimate of drug-likeness (QED) is 0.744. The number of carbonyl (C=O) groups excluding carboxylic acids is 1. The number of ether oxygens (including phenoxy) is 2. The van der Waals surface area contributed by atoms with Gasteiger partial charge in [-0.25, -0.2) is 0 Å². The Bertz CT molecular complexity index is 867.